The molecule has 0 fully saturated rings. The summed E-state index contributed by atoms with van der Waals surface area (Å²) in [5.74, 6) is -1.31. The first-order valence-electron chi connectivity index (χ1n) is 4.15. The third-order valence-corrected chi connectivity index (χ3v) is 2.48. The van der Waals surface area contributed by atoms with Crippen molar-refractivity contribution in [2.45, 2.75) is 0 Å². The monoisotopic (exact) mass is 284 g/mol. The van der Waals surface area contributed by atoms with E-state index in [1.54, 1.807) is 6.07 Å². The number of pyridine rings is 1. The van der Waals surface area contributed by atoms with Gasteiger partial charge in [-0.25, -0.2) is 19.1 Å². The van der Waals surface area contributed by atoms with Crippen LogP contribution in [0.25, 0.3) is 11.0 Å². The first-order chi connectivity index (χ1) is 7.50. The number of halogens is 1. The van der Waals surface area contributed by atoms with E-state index in [1.807, 2.05) is 0 Å². The van der Waals surface area contributed by atoms with Gasteiger partial charge in [-0.1, -0.05) is 0 Å². The summed E-state index contributed by atoms with van der Waals surface area (Å²) >= 11 is 3.13. The van der Waals surface area contributed by atoms with Crippen LogP contribution in [0.2, 0.25) is 0 Å². The third-order valence-electron chi connectivity index (χ3n) is 2.03. The highest BCUT2D eigenvalue weighted by molar-refractivity contribution is 9.10. The zero-order chi connectivity index (χ0) is 11.9. The van der Waals surface area contributed by atoms with Crippen molar-refractivity contribution in [3.63, 3.8) is 0 Å². The molecule has 0 aliphatic heterocycles. The smallest absolute Gasteiger partial charge is 0.416 e. The molecule has 0 radical (unpaired) electrons. The van der Waals surface area contributed by atoms with E-state index in [9.17, 15) is 9.59 Å². The number of nitrogens with zero attached hydrogens (tertiary/aromatic N) is 2. The van der Waals surface area contributed by atoms with Gasteiger partial charge in [0.1, 0.15) is 10.3 Å². The molecule has 0 aliphatic carbocycles. The second-order valence-corrected chi connectivity index (χ2v) is 3.80. The van der Waals surface area contributed by atoms with Crippen LogP contribution in [0.3, 0.4) is 0 Å². The van der Waals surface area contributed by atoms with Crippen LogP contribution in [0.1, 0.15) is 10.5 Å². The number of carbonyl (C=O) groups is 2. The fraction of sp³-hybridized carbons (Fsp3) is 0. The summed E-state index contributed by atoms with van der Waals surface area (Å²) < 4.78 is 1.20. The number of hydrogen-bond donors (Lipinski definition) is 2. The molecule has 2 heterocycles. The number of carboxylic acids is 1. The summed E-state index contributed by atoms with van der Waals surface area (Å²) in [6, 6.07) is 4.26. The largest absolute Gasteiger partial charge is 0.477 e. The average Bonchev–Trinajstić information content (AvgIpc) is 2.55. The lowest BCUT2D eigenvalue weighted by Crippen LogP contribution is -2.14. The Labute approximate surface area is 97.3 Å². The maximum absolute atomic E-state index is 10.9. The molecular weight excluding hydrogens is 280 g/mol. The van der Waals surface area contributed by atoms with E-state index in [0.717, 1.165) is 0 Å². The van der Waals surface area contributed by atoms with Gasteiger partial charge in [0.2, 0.25) is 0 Å². The van der Waals surface area contributed by atoms with Gasteiger partial charge in [-0.2, -0.15) is 0 Å². The van der Waals surface area contributed by atoms with Gasteiger partial charge in [0.05, 0.1) is 11.0 Å². The first-order valence-corrected chi connectivity index (χ1v) is 4.94. The molecule has 2 N–H and O–H groups in total. The van der Waals surface area contributed by atoms with Crippen molar-refractivity contribution in [1.29, 1.82) is 0 Å². The Balaban J connectivity index is 2.86. The first kappa shape index (κ1) is 10.6. The molecule has 0 aliphatic rings. The molecule has 7 heteroatoms. The lowest BCUT2D eigenvalue weighted by atomic mass is 10.4. The second-order valence-electron chi connectivity index (χ2n) is 2.99. The molecule has 6 nitrogen and oxygen atoms in total. The molecule has 0 bridgehead atoms. The number of aromatic carboxylic acids is 1. The van der Waals surface area contributed by atoms with E-state index in [-0.39, 0.29) is 11.2 Å². The van der Waals surface area contributed by atoms with Gasteiger partial charge in [-0.05, 0) is 34.1 Å². The zero-order valence-corrected chi connectivity index (χ0v) is 9.30. The van der Waals surface area contributed by atoms with E-state index < -0.39 is 12.1 Å². The van der Waals surface area contributed by atoms with Gasteiger partial charge in [-0.15, -0.1) is 0 Å². The zero-order valence-electron chi connectivity index (χ0n) is 7.72. The maximum Gasteiger partial charge on any atom is 0.416 e. The Bertz CT molecular complexity index is 605. The van der Waals surface area contributed by atoms with Crippen LogP contribution in [-0.2, 0) is 0 Å². The third kappa shape index (κ3) is 1.54. The predicted octanol–water partition coefficient (Wildman–Crippen LogP) is 2.02. The minimum absolute atomic E-state index is 0.244. The second kappa shape index (κ2) is 3.60. The van der Waals surface area contributed by atoms with E-state index >= 15 is 0 Å². The minimum atomic E-state index is -1.35. The molecule has 0 spiro atoms. The van der Waals surface area contributed by atoms with Gasteiger partial charge in [0.25, 0.3) is 0 Å². The normalized spacial score (nSPS) is 10.6. The molecule has 0 saturated heterocycles. The Morgan fingerprint density at radius 1 is 1.31 bits per heavy atom. The van der Waals surface area contributed by atoms with Crippen LogP contribution in [-0.4, -0.2) is 31.8 Å². The fourth-order valence-corrected chi connectivity index (χ4v) is 1.75. The molecule has 0 aromatic carbocycles. The van der Waals surface area contributed by atoms with Crippen LogP contribution in [0, 0.1) is 0 Å². The van der Waals surface area contributed by atoms with Crippen molar-refractivity contribution < 1.29 is 19.8 Å². The van der Waals surface area contributed by atoms with E-state index in [1.165, 1.54) is 12.1 Å². The highest BCUT2D eigenvalue weighted by Gasteiger charge is 2.19. The van der Waals surface area contributed by atoms with Crippen LogP contribution in [0.15, 0.2) is 22.8 Å². The van der Waals surface area contributed by atoms with Crippen molar-refractivity contribution in [1.82, 2.24) is 9.55 Å². The Morgan fingerprint density at radius 3 is 2.56 bits per heavy atom. The summed E-state index contributed by atoms with van der Waals surface area (Å²) in [7, 11) is 0. The molecule has 2 aromatic heterocycles. The standard InChI is InChI=1S/C9H5BrN2O4/c10-7-2-1-5-4(11-7)3-6(8(13)14)12(5)9(15)16/h1-3H,(H,13,14)(H,15,16). The Kier molecular flexibility index (Phi) is 2.39. The lowest BCUT2D eigenvalue weighted by molar-refractivity contribution is 0.0684. The quantitative estimate of drug-likeness (QED) is 0.782. The van der Waals surface area contributed by atoms with E-state index in [2.05, 4.69) is 20.9 Å². The summed E-state index contributed by atoms with van der Waals surface area (Å²) in [6.45, 7) is 0. The number of fused-ring (bicyclic) bond motifs is 1. The molecule has 2 rings (SSSR count). The van der Waals surface area contributed by atoms with Gasteiger partial charge < -0.3 is 10.2 Å². The van der Waals surface area contributed by atoms with Crippen LogP contribution in [0.5, 0.6) is 0 Å². The van der Waals surface area contributed by atoms with Gasteiger partial charge in [0, 0.05) is 0 Å². The van der Waals surface area contributed by atoms with Crippen LogP contribution >= 0.6 is 15.9 Å². The predicted molar refractivity (Wildman–Crippen MR) is 57.8 cm³/mol. The number of rotatable bonds is 1. The van der Waals surface area contributed by atoms with Crippen LogP contribution in [0.4, 0.5) is 4.79 Å². The number of hydrogen-bond acceptors (Lipinski definition) is 3. The van der Waals surface area contributed by atoms with Crippen molar-refractivity contribution in [2.24, 2.45) is 0 Å². The summed E-state index contributed by atoms with van der Waals surface area (Å²) in [4.78, 5) is 25.8. The molecule has 82 valence electrons. The Morgan fingerprint density at radius 2 is 2.00 bits per heavy atom. The number of carboxylic acid groups (broad SMARTS) is 2. The van der Waals surface area contributed by atoms with Crippen LogP contribution < -0.4 is 0 Å². The van der Waals surface area contributed by atoms with Crippen molar-refractivity contribution in [2.75, 3.05) is 0 Å². The van der Waals surface area contributed by atoms with Gasteiger partial charge in [-0.3, -0.25) is 0 Å². The maximum atomic E-state index is 10.9. The Hall–Kier alpha value is -1.89. The molecule has 0 amide bonds. The highest BCUT2D eigenvalue weighted by atomic mass is 79.9. The molecular formula is C9H5BrN2O4. The van der Waals surface area contributed by atoms with Gasteiger partial charge >= 0.3 is 12.1 Å². The average molecular weight is 285 g/mol. The summed E-state index contributed by atoms with van der Waals surface area (Å²) in [5, 5.41) is 17.8. The molecule has 0 atom stereocenters. The number of aromatic nitrogens is 2. The molecule has 0 saturated carbocycles. The fourth-order valence-electron chi connectivity index (χ4n) is 1.43. The van der Waals surface area contributed by atoms with E-state index in [4.69, 9.17) is 10.2 Å². The molecule has 0 unspecified atom stereocenters. The lowest BCUT2D eigenvalue weighted by Gasteiger charge is -2.00. The topological polar surface area (TPSA) is 92.4 Å². The van der Waals surface area contributed by atoms with E-state index in [0.29, 0.717) is 14.7 Å². The molecule has 16 heavy (non-hydrogen) atoms. The van der Waals surface area contributed by atoms with Crippen molar-refractivity contribution in [3.05, 3.63) is 28.5 Å². The van der Waals surface area contributed by atoms with Crippen molar-refractivity contribution >= 4 is 39.0 Å². The minimum Gasteiger partial charge on any atom is -0.477 e. The summed E-state index contributed by atoms with van der Waals surface area (Å²) in [5.41, 5.74) is 0.232. The summed E-state index contributed by atoms with van der Waals surface area (Å²) in [6.07, 6.45) is -1.35. The highest BCUT2D eigenvalue weighted by Crippen LogP contribution is 2.20. The SMILES string of the molecule is O=C(O)c1cc2nc(Br)ccc2n1C(=O)O. The van der Waals surface area contributed by atoms with Crippen molar-refractivity contribution in [3.8, 4) is 0 Å². The van der Waals surface area contributed by atoms with Gasteiger partial charge in [0.15, 0.2) is 0 Å². The molecule has 2 aromatic rings.